The number of nitrogens with zero attached hydrogens (tertiary/aromatic N) is 9. The van der Waals surface area contributed by atoms with Gasteiger partial charge < -0.3 is 10.3 Å². The van der Waals surface area contributed by atoms with Gasteiger partial charge in [0.05, 0.1) is 47.9 Å². The Labute approximate surface area is 261 Å². The number of anilines is 1. The van der Waals surface area contributed by atoms with Crippen LogP contribution in [0, 0.1) is 18.3 Å². The number of nitrogens with one attached hydrogen (secondary N) is 2. The van der Waals surface area contributed by atoms with E-state index in [-0.39, 0.29) is 23.3 Å². The Kier molecular flexibility index (Phi) is 9.03. The van der Waals surface area contributed by atoms with Gasteiger partial charge in [0.15, 0.2) is 5.82 Å². The summed E-state index contributed by atoms with van der Waals surface area (Å²) in [5, 5.41) is 23.8. The molecular formula is C29H23Cl2N11O2. The lowest BCUT2D eigenvalue weighted by Gasteiger charge is -2.20. The van der Waals surface area contributed by atoms with Crippen LogP contribution in [0.1, 0.15) is 35.1 Å². The second kappa shape index (κ2) is 13.2. The molecule has 220 valence electrons. The van der Waals surface area contributed by atoms with E-state index in [1.54, 1.807) is 68.7 Å². The van der Waals surface area contributed by atoms with Crippen molar-refractivity contribution in [1.82, 2.24) is 45.5 Å². The van der Waals surface area contributed by atoms with Crippen molar-refractivity contribution >= 4 is 46.9 Å². The number of aromatic nitrogens is 8. The predicted octanol–water partition coefficient (Wildman–Crippen LogP) is 4.25. The summed E-state index contributed by atoms with van der Waals surface area (Å²) in [7, 11) is 1.57. The molecule has 15 heteroatoms. The van der Waals surface area contributed by atoms with Crippen LogP contribution >= 0.6 is 23.2 Å². The summed E-state index contributed by atoms with van der Waals surface area (Å²) in [6.45, 7) is 1.79. The molecule has 13 nitrogen and oxygen atoms in total. The molecule has 3 aromatic heterocycles. The third-order valence-electron chi connectivity index (χ3n) is 6.48. The van der Waals surface area contributed by atoms with E-state index in [2.05, 4.69) is 46.8 Å². The Morgan fingerprint density at radius 1 is 1.16 bits per heavy atom. The van der Waals surface area contributed by atoms with Gasteiger partial charge in [-0.25, -0.2) is 9.97 Å². The highest BCUT2D eigenvalue weighted by Crippen LogP contribution is 2.29. The third-order valence-corrected chi connectivity index (χ3v) is 6.98. The fourth-order valence-electron chi connectivity index (χ4n) is 4.17. The van der Waals surface area contributed by atoms with Crippen molar-refractivity contribution in [2.75, 3.05) is 11.9 Å². The first-order chi connectivity index (χ1) is 21.2. The Morgan fingerprint density at radius 2 is 1.95 bits per heavy atom. The number of hydrogen-bond donors (Lipinski definition) is 2. The fourth-order valence-corrected chi connectivity index (χ4v) is 4.60. The molecule has 0 aliphatic heterocycles. The minimum Gasteiger partial charge on any atom is -0.342 e. The summed E-state index contributed by atoms with van der Waals surface area (Å²) in [5.74, 6) is -0.279. The third kappa shape index (κ3) is 6.95. The zero-order valence-corrected chi connectivity index (χ0v) is 24.8. The number of carbonyl (C=O) groups is 2. The van der Waals surface area contributed by atoms with Crippen molar-refractivity contribution in [1.29, 1.82) is 5.26 Å². The highest BCUT2D eigenvalue weighted by atomic mass is 35.5. The summed E-state index contributed by atoms with van der Waals surface area (Å²) in [6, 6.07) is 12.9. The molecular weight excluding hydrogens is 605 g/mol. The predicted molar refractivity (Wildman–Crippen MR) is 163 cm³/mol. The summed E-state index contributed by atoms with van der Waals surface area (Å²) in [6.07, 6.45) is 7.14. The zero-order valence-electron chi connectivity index (χ0n) is 23.3. The molecule has 3 heterocycles. The van der Waals surface area contributed by atoms with Crippen molar-refractivity contribution in [3.63, 3.8) is 0 Å². The minimum atomic E-state index is -0.913. The van der Waals surface area contributed by atoms with Gasteiger partial charge in [-0.2, -0.15) is 9.94 Å². The monoisotopic (exact) mass is 627 g/mol. The number of hydrogen-bond acceptors (Lipinski definition) is 9. The molecule has 0 aliphatic carbocycles. The molecule has 1 atom stereocenters. The highest BCUT2D eigenvalue weighted by molar-refractivity contribution is 6.32. The number of imidazole rings is 1. The smallest absolute Gasteiger partial charge is 0.244 e. The SMILES string of the molecule is Cc1cnc(N(C)C(=O)C[C@H](NC(=O)/C=C/c2cc(Cl)ccc2-n2cnnn2)c2nc(-c3ccc(C#N)cc3)c(Cl)[nH]2)cn1. The van der Waals surface area contributed by atoms with Crippen LogP contribution in [0.4, 0.5) is 5.82 Å². The summed E-state index contributed by atoms with van der Waals surface area (Å²) < 4.78 is 1.44. The second-order valence-electron chi connectivity index (χ2n) is 9.50. The van der Waals surface area contributed by atoms with Crippen LogP contribution in [-0.4, -0.2) is 59.0 Å². The molecule has 5 rings (SSSR count). The molecule has 44 heavy (non-hydrogen) atoms. The summed E-state index contributed by atoms with van der Waals surface area (Å²) in [5.41, 5.74) is 3.41. The van der Waals surface area contributed by atoms with E-state index in [1.807, 2.05) is 0 Å². The molecule has 0 saturated carbocycles. The molecule has 2 aromatic carbocycles. The van der Waals surface area contributed by atoms with Gasteiger partial charge in [0.25, 0.3) is 0 Å². The van der Waals surface area contributed by atoms with Gasteiger partial charge in [-0.1, -0.05) is 35.3 Å². The number of H-pyrrole nitrogens is 1. The largest absolute Gasteiger partial charge is 0.342 e. The van der Waals surface area contributed by atoms with Gasteiger partial charge in [0.1, 0.15) is 23.0 Å². The maximum Gasteiger partial charge on any atom is 0.244 e. The molecule has 0 fully saturated rings. The van der Waals surface area contributed by atoms with E-state index in [4.69, 9.17) is 28.5 Å². The lowest BCUT2D eigenvalue weighted by atomic mass is 10.1. The fraction of sp³-hybridized carbons (Fsp3) is 0.138. The van der Waals surface area contributed by atoms with Crippen LogP contribution in [-0.2, 0) is 9.59 Å². The lowest BCUT2D eigenvalue weighted by Crippen LogP contribution is -2.35. The standard InChI is InChI=1S/C29H23Cl2N11O2/c1-17-14-34-24(15-33-17)41(2)26(44)12-22(29-37-27(28(31)38-29)19-5-3-18(13-32)4-6-19)36-25(43)10-7-20-11-21(30)8-9-23(20)42-16-35-39-40-42/h3-11,14-16,22H,12H2,1-2H3,(H,36,43)(H,37,38)/b10-7+/t22-/m0/s1. The van der Waals surface area contributed by atoms with Crippen LogP contribution in [0.15, 0.2) is 67.3 Å². The minimum absolute atomic E-state index is 0.185. The Hall–Kier alpha value is -5.45. The highest BCUT2D eigenvalue weighted by Gasteiger charge is 2.25. The molecule has 0 unspecified atom stereocenters. The van der Waals surface area contributed by atoms with E-state index in [0.29, 0.717) is 44.6 Å². The maximum absolute atomic E-state index is 13.4. The van der Waals surface area contributed by atoms with Gasteiger partial charge in [-0.15, -0.1) is 5.10 Å². The van der Waals surface area contributed by atoms with Gasteiger partial charge in [-0.05, 0) is 53.8 Å². The van der Waals surface area contributed by atoms with Gasteiger partial charge in [-0.3, -0.25) is 19.5 Å². The Balaban J connectivity index is 1.43. The summed E-state index contributed by atoms with van der Waals surface area (Å²) in [4.78, 5) is 44.0. The van der Waals surface area contributed by atoms with Gasteiger partial charge in [0, 0.05) is 29.3 Å². The number of tetrazole rings is 1. The van der Waals surface area contributed by atoms with Crippen molar-refractivity contribution < 1.29 is 9.59 Å². The van der Waals surface area contributed by atoms with Crippen LogP contribution in [0.3, 0.4) is 0 Å². The van der Waals surface area contributed by atoms with Crippen molar-refractivity contribution in [3.05, 3.63) is 100 Å². The molecule has 0 spiro atoms. The summed E-state index contributed by atoms with van der Waals surface area (Å²) >= 11 is 12.7. The zero-order chi connectivity index (χ0) is 31.2. The Morgan fingerprint density at radius 3 is 2.64 bits per heavy atom. The molecule has 2 amide bonds. The Bertz CT molecular complexity index is 1860. The van der Waals surface area contributed by atoms with Crippen LogP contribution in [0.25, 0.3) is 23.0 Å². The number of rotatable bonds is 9. The quantitative estimate of drug-likeness (QED) is 0.226. The van der Waals surface area contributed by atoms with Crippen molar-refractivity contribution in [2.24, 2.45) is 0 Å². The normalized spacial score (nSPS) is 11.7. The van der Waals surface area contributed by atoms with E-state index in [0.717, 1.165) is 0 Å². The van der Waals surface area contributed by atoms with E-state index >= 15 is 0 Å². The first-order valence-corrected chi connectivity index (χ1v) is 13.8. The van der Waals surface area contributed by atoms with E-state index < -0.39 is 11.9 Å². The number of benzene rings is 2. The second-order valence-corrected chi connectivity index (χ2v) is 10.3. The number of aromatic amines is 1. The van der Waals surface area contributed by atoms with Gasteiger partial charge in [0.2, 0.25) is 11.8 Å². The van der Waals surface area contributed by atoms with Crippen LogP contribution < -0.4 is 10.2 Å². The van der Waals surface area contributed by atoms with Crippen LogP contribution in [0.2, 0.25) is 10.2 Å². The molecule has 5 aromatic rings. The molecule has 0 bridgehead atoms. The van der Waals surface area contributed by atoms with Crippen molar-refractivity contribution in [2.45, 2.75) is 19.4 Å². The molecule has 2 N–H and O–H groups in total. The number of amides is 2. The maximum atomic E-state index is 13.4. The number of nitriles is 1. The molecule has 0 radical (unpaired) electrons. The molecule has 0 saturated heterocycles. The van der Waals surface area contributed by atoms with Gasteiger partial charge >= 0.3 is 0 Å². The lowest BCUT2D eigenvalue weighted by molar-refractivity contribution is -0.120. The average Bonchev–Trinajstić information content (AvgIpc) is 3.70. The first-order valence-electron chi connectivity index (χ1n) is 13.0. The first kappa shape index (κ1) is 30.0. The molecule has 0 aliphatic rings. The van der Waals surface area contributed by atoms with Crippen molar-refractivity contribution in [3.8, 4) is 23.0 Å². The average molecular weight is 628 g/mol. The number of carbonyl (C=O) groups excluding carboxylic acids is 2. The number of aryl methyl sites for hydroxylation is 1. The van der Waals surface area contributed by atoms with E-state index in [1.165, 1.54) is 28.2 Å². The number of halogens is 2. The van der Waals surface area contributed by atoms with E-state index in [9.17, 15) is 9.59 Å². The topological polar surface area (TPSA) is 171 Å². The van der Waals surface area contributed by atoms with Crippen LogP contribution in [0.5, 0.6) is 0 Å².